The molecule has 3 aromatic carbocycles. The van der Waals surface area contributed by atoms with Crippen LogP contribution in [0.15, 0.2) is 93.4 Å². The first-order valence-corrected chi connectivity index (χ1v) is 18.8. The molecule has 0 fully saturated rings. The Labute approximate surface area is 314 Å². The maximum atomic E-state index is 11.9. The number of nitrogens with one attached hydrogen (secondary N) is 2. The molecule has 1 heterocycles. The standard InChI is InChI=1S/C12H13ClO5S.C12H13ClO3S.C10H9ClN2O2/c1-2-18-12(15)7-10(14)8-19(16,17)11-5-3-9(13)4-6-11;1-2-16-12(15)7-10(14)8-17-11-5-3-9(13)4-6-11;11-7-1-3-9(4-2-7)15-6-8-5-10(14)13-12-8/h3-6H,2,7-8H2,1H3;3-6H,2,7-8H2,1H3;1-5H,6H2,(H2,12,13,14). The van der Waals surface area contributed by atoms with Gasteiger partial charge >= 0.3 is 11.9 Å². The van der Waals surface area contributed by atoms with E-state index >= 15 is 0 Å². The number of rotatable bonds is 15. The number of ketones is 2. The average molecular weight is 802 g/mol. The van der Waals surface area contributed by atoms with Crippen LogP contribution < -0.4 is 10.3 Å². The van der Waals surface area contributed by atoms with Crippen molar-refractivity contribution in [3.8, 4) is 5.75 Å². The fourth-order valence-corrected chi connectivity index (χ4v) is 6.00. The number of hydrogen-bond acceptors (Lipinski definition) is 11. The van der Waals surface area contributed by atoms with Crippen LogP contribution in [-0.2, 0) is 45.1 Å². The number of carbonyl (C=O) groups excluding carboxylic acids is 4. The van der Waals surface area contributed by atoms with E-state index in [0.29, 0.717) is 39.7 Å². The molecular weight excluding hydrogens is 767 g/mol. The van der Waals surface area contributed by atoms with Gasteiger partial charge in [-0.15, -0.1) is 11.8 Å². The lowest BCUT2D eigenvalue weighted by molar-refractivity contribution is -0.146. The van der Waals surface area contributed by atoms with Crippen LogP contribution in [0.1, 0.15) is 32.4 Å². The van der Waals surface area contributed by atoms with E-state index in [-0.39, 0.29) is 35.0 Å². The number of ether oxygens (including phenoxy) is 3. The van der Waals surface area contributed by atoms with E-state index in [4.69, 9.17) is 44.3 Å². The lowest BCUT2D eigenvalue weighted by Crippen LogP contribution is -2.20. The van der Waals surface area contributed by atoms with Crippen LogP contribution in [0.5, 0.6) is 5.75 Å². The van der Waals surface area contributed by atoms with Gasteiger partial charge in [-0.25, -0.2) is 8.42 Å². The molecule has 1 aromatic heterocycles. The van der Waals surface area contributed by atoms with Crippen LogP contribution in [0.4, 0.5) is 0 Å². The fraction of sp³-hybridized carbons (Fsp3) is 0.265. The second-order valence-electron chi connectivity index (χ2n) is 10.0. The summed E-state index contributed by atoms with van der Waals surface area (Å²) in [6.07, 6.45) is -0.699. The molecule has 0 saturated carbocycles. The Morgan fingerprint density at radius 1 is 0.706 bits per heavy atom. The highest BCUT2D eigenvalue weighted by Gasteiger charge is 2.21. The second-order valence-corrected chi connectivity index (χ2v) is 14.4. The molecule has 0 bridgehead atoms. The Morgan fingerprint density at radius 2 is 1.20 bits per heavy atom. The smallest absolute Gasteiger partial charge is 0.313 e. The summed E-state index contributed by atoms with van der Waals surface area (Å²) < 4.78 is 38.4. The van der Waals surface area contributed by atoms with Crippen molar-refractivity contribution < 1.29 is 41.8 Å². The average Bonchev–Trinajstić information content (AvgIpc) is 3.49. The third kappa shape index (κ3) is 18.1. The SMILES string of the molecule is CCOC(=O)CC(=O)CS(=O)(=O)c1ccc(Cl)cc1.CCOC(=O)CC(=O)CSc1ccc(Cl)cc1.O=c1cc(COc2ccc(Cl)cc2)[nH][nH]1. The maximum absolute atomic E-state index is 11.9. The van der Waals surface area contributed by atoms with Gasteiger partial charge in [0, 0.05) is 26.0 Å². The molecule has 12 nitrogen and oxygen atoms in total. The molecule has 2 N–H and O–H groups in total. The summed E-state index contributed by atoms with van der Waals surface area (Å²) in [4.78, 5) is 56.7. The maximum Gasteiger partial charge on any atom is 0.313 e. The fourth-order valence-electron chi connectivity index (χ4n) is 3.62. The number of hydrogen-bond donors (Lipinski definition) is 2. The lowest BCUT2D eigenvalue weighted by Gasteiger charge is -2.04. The van der Waals surface area contributed by atoms with E-state index in [1.807, 2.05) is 12.1 Å². The Hall–Kier alpha value is -4.08. The summed E-state index contributed by atoms with van der Waals surface area (Å²) in [7, 11) is -3.75. The highest BCUT2D eigenvalue weighted by molar-refractivity contribution is 8.00. The number of aromatic nitrogens is 2. The topological polar surface area (TPSA) is 179 Å². The Balaban J connectivity index is 0.000000267. The van der Waals surface area contributed by atoms with Gasteiger partial charge in [0.2, 0.25) is 0 Å². The Bertz CT molecular complexity index is 1880. The molecule has 274 valence electrons. The van der Waals surface area contributed by atoms with Crippen LogP contribution in [0.3, 0.4) is 0 Å². The Morgan fingerprint density at radius 3 is 1.69 bits per heavy atom. The summed E-state index contributed by atoms with van der Waals surface area (Å²) in [5, 5.41) is 6.85. The molecule has 0 amide bonds. The third-order valence-corrected chi connectivity index (χ3v) is 9.41. The molecule has 0 aliphatic heterocycles. The predicted molar refractivity (Wildman–Crippen MR) is 195 cm³/mol. The van der Waals surface area contributed by atoms with Gasteiger partial charge < -0.3 is 14.2 Å². The minimum Gasteiger partial charge on any atom is -0.487 e. The first-order valence-electron chi connectivity index (χ1n) is 15.1. The zero-order valence-corrected chi connectivity index (χ0v) is 31.4. The minimum atomic E-state index is -3.75. The van der Waals surface area contributed by atoms with Crippen LogP contribution in [0.2, 0.25) is 15.1 Å². The highest BCUT2D eigenvalue weighted by Crippen LogP contribution is 2.21. The lowest BCUT2D eigenvalue weighted by atomic mass is 10.3. The molecule has 4 aromatic rings. The van der Waals surface area contributed by atoms with Gasteiger partial charge in [-0.3, -0.25) is 34.2 Å². The molecule has 0 atom stereocenters. The zero-order chi connectivity index (χ0) is 37.8. The second kappa shape index (κ2) is 22.7. The molecule has 0 unspecified atom stereocenters. The van der Waals surface area contributed by atoms with Crippen molar-refractivity contribution in [3.05, 3.63) is 110 Å². The first-order chi connectivity index (χ1) is 24.2. The molecule has 17 heteroatoms. The van der Waals surface area contributed by atoms with Crippen molar-refractivity contribution in [2.75, 3.05) is 24.7 Å². The van der Waals surface area contributed by atoms with E-state index in [1.165, 1.54) is 42.1 Å². The number of Topliss-reactive ketones (excluding diaryl/α,β-unsaturated/α-hetero) is 2. The number of H-pyrrole nitrogens is 2. The summed E-state index contributed by atoms with van der Waals surface area (Å²) in [6, 6.07) is 21.2. The number of thioether (sulfide) groups is 1. The van der Waals surface area contributed by atoms with Gasteiger partial charge in [-0.2, -0.15) is 0 Å². The zero-order valence-electron chi connectivity index (χ0n) is 27.5. The van der Waals surface area contributed by atoms with Gasteiger partial charge in [0.05, 0.1) is 29.6 Å². The van der Waals surface area contributed by atoms with Crippen LogP contribution in [0.25, 0.3) is 0 Å². The van der Waals surface area contributed by atoms with E-state index in [9.17, 15) is 32.4 Å². The van der Waals surface area contributed by atoms with E-state index in [2.05, 4.69) is 14.9 Å². The third-order valence-electron chi connectivity index (χ3n) is 5.89. The highest BCUT2D eigenvalue weighted by atomic mass is 35.5. The molecule has 0 radical (unpaired) electrons. The van der Waals surface area contributed by atoms with Gasteiger partial charge in [-0.05, 0) is 86.6 Å². The molecule has 0 saturated heterocycles. The number of carbonyl (C=O) groups is 4. The number of benzene rings is 3. The molecular formula is C34H35Cl3N2O10S2. The summed E-state index contributed by atoms with van der Waals surface area (Å²) in [6.45, 7) is 4.09. The quantitative estimate of drug-likeness (QED) is 0.0759. The number of halogens is 3. The Kier molecular flexibility index (Phi) is 19.2. The number of aromatic amines is 2. The normalized spacial score (nSPS) is 10.5. The molecule has 51 heavy (non-hydrogen) atoms. The van der Waals surface area contributed by atoms with Crippen molar-refractivity contribution in [1.29, 1.82) is 0 Å². The van der Waals surface area contributed by atoms with Gasteiger partial charge in [0.25, 0.3) is 5.56 Å². The van der Waals surface area contributed by atoms with Gasteiger partial charge in [-0.1, -0.05) is 34.8 Å². The van der Waals surface area contributed by atoms with Crippen molar-refractivity contribution >= 4 is 79.9 Å². The minimum absolute atomic E-state index is 0.00545. The molecule has 0 spiro atoms. The van der Waals surface area contributed by atoms with Crippen molar-refractivity contribution in [3.63, 3.8) is 0 Å². The van der Waals surface area contributed by atoms with E-state index in [1.54, 1.807) is 50.2 Å². The van der Waals surface area contributed by atoms with Crippen LogP contribution in [-0.4, -0.2) is 66.8 Å². The molecule has 0 aliphatic rings. The summed E-state index contributed by atoms with van der Waals surface area (Å²) >= 11 is 18.5. The van der Waals surface area contributed by atoms with E-state index in [0.717, 1.165) is 4.90 Å². The van der Waals surface area contributed by atoms with E-state index < -0.39 is 39.7 Å². The van der Waals surface area contributed by atoms with Crippen molar-refractivity contribution in [2.45, 2.75) is 43.1 Å². The number of sulfone groups is 1. The number of esters is 2. The van der Waals surface area contributed by atoms with Crippen molar-refractivity contribution in [1.82, 2.24) is 10.2 Å². The summed E-state index contributed by atoms with van der Waals surface area (Å²) in [5.74, 6) is -1.78. The van der Waals surface area contributed by atoms with Crippen LogP contribution >= 0.6 is 46.6 Å². The monoisotopic (exact) mass is 800 g/mol. The van der Waals surface area contributed by atoms with Crippen LogP contribution in [0, 0.1) is 0 Å². The summed E-state index contributed by atoms with van der Waals surface area (Å²) in [5.41, 5.74) is 0.541. The molecule has 0 aliphatic carbocycles. The first kappa shape index (κ1) is 43.1. The van der Waals surface area contributed by atoms with Gasteiger partial charge in [0.1, 0.15) is 31.0 Å². The largest absolute Gasteiger partial charge is 0.487 e. The predicted octanol–water partition coefficient (Wildman–Crippen LogP) is 6.53. The molecule has 4 rings (SSSR count). The van der Waals surface area contributed by atoms with Crippen molar-refractivity contribution in [2.24, 2.45) is 0 Å². The van der Waals surface area contributed by atoms with Gasteiger partial charge in [0.15, 0.2) is 21.4 Å².